The van der Waals surface area contributed by atoms with E-state index < -0.39 is 53.2 Å². The molecule has 1 aromatic carbocycles. The van der Waals surface area contributed by atoms with Crippen molar-refractivity contribution in [3.63, 3.8) is 0 Å². The zero-order chi connectivity index (χ0) is 30.2. The third-order valence-electron chi connectivity index (χ3n) is 6.87. The highest BCUT2D eigenvalue weighted by Gasteiger charge is 2.38. The molecular weight excluding hydrogens is 530 g/mol. The van der Waals surface area contributed by atoms with E-state index in [1.54, 1.807) is 20.8 Å². The molecule has 3 unspecified atom stereocenters. The number of alkyl carbamates (subject to hydrolysis) is 1. The van der Waals surface area contributed by atoms with Crippen molar-refractivity contribution >= 4 is 35.5 Å². The van der Waals surface area contributed by atoms with E-state index in [-0.39, 0.29) is 25.0 Å². The lowest BCUT2D eigenvalue weighted by Crippen LogP contribution is -2.54. The summed E-state index contributed by atoms with van der Waals surface area (Å²) in [6, 6.07) is 7.14. The summed E-state index contributed by atoms with van der Waals surface area (Å²) in [5.41, 5.74) is 0.179. The predicted octanol–water partition coefficient (Wildman–Crippen LogP) is 1.35. The van der Waals surface area contributed by atoms with Crippen molar-refractivity contribution in [1.82, 2.24) is 26.2 Å². The van der Waals surface area contributed by atoms with Gasteiger partial charge in [-0.1, -0.05) is 43.2 Å². The van der Waals surface area contributed by atoms with Gasteiger partial charge in [-0.25, -0.2) is 4.79 Å². The molecule has 1 saturated heterocycles. The average Bonchev–Trinajstić information content (AvgIpc) is 3.60. The van der Waals surface area contributed by atoms with Crippen LogP contribution in [-0.4, -0.2) is 77.7 Å². The van der Waals surface area contributed by atoms with Crippen LogP contribution in [-0.2, 0) is 28.7 Å². The van der Waals surface area contributed by atoms with Crippen molar-refractivity contribution in [2.75, 3.05) is 19.6 Å². The van der Waals surface area contributed by atoms with Gasteiger partial charge in [-0.05, 0) is 58.4 Å². The standard InChI is InChI=1S/C29H41N5O7/c1-18(20-9-6-5-7-10-20)32-23(35)16-30-27(39)25(37)21(15-19-12-13-19)33-26(38)22-11-8-14-34(22)24(36)17-31-28(40)41-29(2,3)4/h5-7,9-10,18-19,21-22H,8,11-17H2,1-4H3,(H,30,39)(H,31,40)(H,32,35)(H,33,38). The maximum absolute atomic E-state index is 13.2. The summed E-state index contributed by atoms with van der Waals surface area (Å²) in [5.74, 6) is -3.02. The van der Waals surface area contributed by atoms with E-state index in [1.165, 1.54) is 4.90 Å². The third kappa shape index (κ3) is 10.2. The van der Waals surface area contributed by atoms with Gasteiger partial charge >= 0.3 is 6.09 Å². The largest absolute Gasteiger partial charge is 0.444 e. The molecule has 2 fully saturated rings. The molecule has 3 rings (SSSR count). The molecule has 4 N–H and O–H groups in total. The molecule has 2 aliphatic rings. The normalized spacial score (nSPS) is 18.0. The monoisotopic (exact) mass is 571 g/mol. The number of hydrogen-bond donors (Lipinski definition) is 4. The molecule has 0 spiro atoms. The third-order valence-corrected chi connectivity index (χ3v) is 6.87. The van der Waals surface area contributed by atoms with E-state index in [2.05, 4.69) is 21.3 Å². The summed E-state index contributed by atoms with van der Waals surface area (Å²) in [7, 11) is 0. The molecule has 1 aromatic rings. The molecule has 12 heteroatoms. The Hall–Kier alpha value is -3.96. The summed E-state index contributed by atoms with van der Waals surface area (Å²) in [5, 5.41) is 10.2. The SMILES string of the molecule is CC(NC(=O)CNC(=O)C(=O)C(CC1CC1)NC(=O)C1CCCN1C(=O)CNC(=O)OC(C)(C)C)c1ccccc1. The van der Waals surface area contributed by atoms with Crippen LogP contribution in [0.3, 0.4) is 0 Å². The first-order chi connectivity index (χ1) is 19.3. The first-order valence-corrected chi connectivity index (χ1v) is 14.1. The highest BCUT2D eigenvalue weighted by molar-refractivity contribution is 6.38. The molecule has 1 heterocycles. The van der Waals surface area contributed by atoms with Gasteiger partial charge in [-0.3, -0.25) is 24.0 Å². The van der Waals surface area contributed by atoms with Crippen molar-refractivity contribution in [3.05, 3.63) is 35.9 Å². The van der Waals surface area contributed by atoms with E-state index in [0.717, 1.165) is 18.4 Å². The fourth-order valence-corrected chi connectivity index (χ4v) is 4.61. The van der Waals surface area contributed by atoms with Crippen molar-refractivity contribution in [1.29, 1.82) is 0 Å². The molecule has 3 atom stereocenters. The van der Waals surface area contributed by atoms with Crippen LogP contribution in [0.4, 0.5) is 4.79 Å². The van der Waals surface area contributed by atoms with Crippen molar-refractivity contribution in [2.45, 2.75) is 83.5 Å². The van der Waals surface area contributed by atoms with E-state index in [1.807, 2.05) is 37.3 Å². The molecule has 0 aromatic heterocycles. The Balaban J connectivity index is 1.52. The molecule has 1 saturated carbocycles. The van der Waals surface area contributed by atoms with Crippen LogP contribution in [0.1, 0.15) is 71.4 Å². The summed E-state index contributed by atoms with van der Waals surface area (Å²) in [4.78, 5) is 77.3. The maximum Gasteiger partial charge on any atom is 0.408 e. The number of hydrogen-bond acceptors (Lipinski definition) is 7. The second-order valence-corrected chi connectivity index (χ2v) is 11.6. The van der Waals surface area contributed by atoms with Gasteiger partial charge in [0.2, 0.25) is 23.5 Å². The molecule has 224 valence electrons. The van der Waals surface area contributed by atoms with E-state index in [4.69, 9.17) is 4.74 Å². The number of rotatable bonds is 12. The Morgan fingerprint density at radius 3 is 2.27 bits per heavy atom. The molecule has 12 nitrogen and oxygen atoms in total. The van der Waals surface area contributed by atoms with E-state index in [9.17, 15) is 28.8 Å². The smallest absolute Gasteiger partial charge is 0.408 e. The number of likely N-dealkylation sites (tertiary alicyclic amines) is 1. The number of ether oxygens (including phenoxy) is 1. The lowest BCUT2D eigenvalue weighted by atomic mass is 10.0. The van der Waals surface area contributed by atoms with Crippen LogP contribution in [0.25, 0.3) is 0 Å². The summed E-state index contributed by atoms with van der Waals surface area (Å²) >= 11 is 0. The number of Topliss-reactive ketones (excluding diaryl/α,β-unsaturated/α-hetero) is 1. The number of nitrogens with one attached hydrogen (secondary N) is 4. The van der Waals surface area contributed by atoms with Gasteiger partial charge in [-0.15, -0.1) is 0 Å². The number of ketones is 1. The summed E-state index contributed by atoms with van der Waals surface area (Å²) < 4.78 is 5.14. The molecule has 1 aliphatic carbocycles. The molecular formula is C29H41N5O7. The number of carbonyl (C=O) groups is 6. The second-order valence-electron chi connectivity index (χ2n) is 11.6. The second kappa shape index (κ2) is 14.1. The van der Waals surface area contributed by atoms with Gasteiger partial charge < -0.3 is 30.9 Å². The van der Waals surface area contributed by atoms with Crippen LogP contribution in [0.5, 0.6) is 0 Å². The minimum Gasteiger partial charge on any atom is -0.444 e. The van der Waals surface area contributed by atoms with Crippen LogP contribution in [0.15, 0.2) is 30.3 Å². The molecule has 41 heavy (non-hydrogen) atoms. The van der Waals surface area contributed by atoms with Crippen LogP contribution >= 0.6 is 0 Å². The number of carbonyl (C=O) groups excluding carboxylic acids is 6. The molecule has 0 radical (unpaired) electrons. The van der Waals surface area contributed by atoms with Gasteiger partial charge in [0.05, 0.1) is 18.6 Å². The molecule has 0 bridgehead atoms. The summed E-state index contributed by atoms with van der Waals surface area (Å²) in [6.45, 7) is 6.53. The van der Waals surface area contributed by atoms with Gasteiger partial charge in [0.1, 0.15) is 18.2 Å². The zero-order valence-electron chi connectivity index (χ0n) is 24.2. The van der Waals surface area contributed by atoms with Crippen LogP contribution in [0.2, 0.25) is 0 Å². The molecule has 1 aliphatic heterocycles. The van der Waals surface area contributed by atoms with Gasteiger partial charge in [0.15, 0.2) is 0 Å². The van der Waals surface area contributed by atoms with Crippen LogP contribution in [0, 0.1) is 5.92 Å². The van der Waals surface area contributed by atoms with Crippen molar-refractivity contribution in [2.24, 2.45) is 5.92 Å². The average molecular weight is 572 g/mol. The van der Waals surface area contributed by atoms with Gasteiger partial charge in [-0.2, -0.15) is 0 Å². The highest BCUT2D eigenvalue weighted by Crippen LogP contribution is 2.34. The Morgan fingerprint density at radius 1 is 0.951 bits per heavy atom. The topological polar surface area (TPSA) is 163 Å². The number of nitrogens with zero attached hydrogens (tertiary/aromatic N) is 1. The van der Waals surface area contributed by atoms with E-state index >= 15 is 0 Å². The van der Waals surface area contributed by atoms with Crippen molar-refractivity contribution < 1.29 is 33.5 Å². The fraction of sp³-hybridized carbons (Fsp3) is 0.586. The highest BCUT2D eigenvalue weighted by atomic mass is 16.6. The maximum atomic E-state index is 13.2. The minimum atomic E-state index is -1.07. The Bertz CT molecular complexity index is 1130. The fourth-order valence-electron chi connectivity index (χ4n) is 4.61. The number of benzene rings is 1. The van der Waals surface area contributed by atoms with Gasteiger partial charge in [0, 0.05) is 6.54 Å². The lowest BCUT2D eigenvalue weighted by Gasteiger charge is -2.26. The Labute approximate surface area is 240 Å². The predicted molar refractivity (Wildman–Crippen MR) is 149 cm³/mol. The first-order valence-electron chi connectivity index (χ1n) is 14.1. The van der Waals surface area contributed by atoms with Crippen LogP contribution < -0.4 is 21.3 Å². The minimum absolute atomic E-state index is 0.214. The summed E-state index contributed by atoms with van der Waals surface area (Å²) in [6.07, 6.45) is 2.32. The zero-order valence-corrected chi connectivity index (χ0v) is 24.2. The Morgan fingerprint density at radius 2 is 1.63 bits per heavy atom. The lowest BCUT2D eigenvalue weighted by molar-refractivity contribution is -0.142. The number of amides is 5. The van der Waals surface area contributed by atoms with E-state index in [0.29, 0.717) is 25.8 Å². The van der Waals surface area contributed by atoms with Gasteiger partial charge in [0.25, 0.3) is 5.91 Å². The quantitative estimate of drug-likeness (QED) is 0.275. The van der Waals surface area contributed by atoms with Crippen molar-refractivity contribution in [3.8, 4) is 0 Å². The molecule has 5 amide bonds. The Kier molecular flexibility index (Phi) is 10.8. The first kappa shape index (κ1) is 31.6.